The van der Waals surface area contributed by atoms with E-state index < -0.39 is 15.3 Å². The summed E-state index contributed by atoms with van der Waals surface area (Å²) in [5, 5.41) is -0.625. The Labute approximate surface area is 147 Å². The quantitative estimate of drug-likeness (QED) is 0.551. The first-order chi connectivity index (χ1) is 11.4. The average Bonchev–Trinajstić information content (AvgIpc) is 2.59. The van der Waals surface area contributed by atoms with Gasteiger partial charge >= 0.3 is 0 Å². The van der Waals surface area contributed by atoms with Crippen molar-refractivity contribution in [2.45, 2.75) is 17.9 Å². The lowest BCUT2D eigenvalue weighted by atomic mass is 10.1. The Morgan fingerprint density at radius 2 is 1.75 bits per heavy atom. The number of benzene rings is 2. The summed E-state index contributed by atoms with van der Waals surface area (Å²) in [6.07, 6.45) is 1.55. The molecule has 0 bridgehead atoms. The van der Waals surface area contributed by atoms with Gasteiger partial charge in [0.05, 0.1) is 4.90 Å². The molecule has 0 saturated carbocycles. The second-order valence-electron chi connectivity index (χ2n) is 5.25. The molecule has 0 spiro atoms. The highest BCUT2D eigenvalue weighted by atomic mass is 35.5. The Bertz CT molecular complexity index is 817. The fraction of sp³-hybridized carbons (Fsp3) is 0.167. The largest absolute Gasteiger partial charge is 0.276 e. The van der Waals surface area contributed by atoms with Crippen LogP contribution >= 0.6 is 11.6 Å². The number of carbonyl (C=O) groups is 1. The molecular weight excluding hydrogens is 346 g/mol. The highest BCUT2D eigenvalue weighted by Gasteiger charge is 2.29. The van der Waals surface area contributed by atoms with Crippen LogP contribution in [0.4, 0.5) is 0 Å². The van der Waals surface area contributed by atoms with Gasteiger partial charge in [-0.2, -0.15) is 4.31 Å². The second-order valence-corrected chi connectivity index (χ2v) is 7.48. The lowest BCUT2D eigenvalue weighted by molar-refractivity contribution is 0.108. The fourth-order valence-corrected chi connectivity index (χ4v) is 4.10. The SMILES string of the molecule is C=CCN(C(C)c1ccccc1)S(=O)(=O)c1ccc(C(=O)Cl)cc1. The van der Waals surface area contributed by atoms with E-state index in [1.54, 1.807) is 6.08 Å². The van der Waals surface area contributed by atoms with Crippen LogP contribution < -0.4 is 0 Å². The van der Waals surface area contributed by atoms with Crippen molar-refractivity contribution in [2.24, 2.45) is 0 Å². The van der Waals surface area contributed by atoms with Gasteiger partial charge in [-0.25, -0.2) is 8.42 Å². The number of sulfonamides is 1. The molecule has 126 valence electrons. The van der Waals surface area contributed by atoms with Crippen molar-refractivity contribution < 1.29 is 13.2 Å². The smallest absolute Gasteiger partial charge is 0.252 e. The van der Waals surface area contributed by atoms with Crippen LogP contribution in [0, 0.1) is 0 Å². The van der Waals surface area contributed by atoms with Crippen LogP contribution in [0.3, 0.4) is 0 Å². The number of rotatable bonds is 7. The summed E-state index contributed by atoms with van der Waals surface area (Å²) >= 11 is 5.40. The Balaban J connectivity index is 2.41. The molecular formula is C18H18ClNO3S. The summed E-state index contributed by atoms with van der Waals surface area (Å²) < 4.78 is 27.3. The third-order valence-corrected chi connectivity index (χ3v) is 5.88. The highest BCUT2D eigenvalue weighted by molar-refractivity contribution is 7.89. The molecule has 1 atom stereocenters. The number of hydrogen-bond donors (Lipinski definition) is 0. The highest BCUT2D eigenvalue weighted by Crippen LogP contribution is 2.27. The Morgan fingerprint density at radius 3 is 2.25 bits per heavy atom. The van der Waals surface area contributed by atoms with Crippen molar-refractivity contribution in [3.8, 4) is 0 Å². The zero-order valence-electron chi connectivity index (χ0n) is 13.2. The number of hydrogen-bond acceptors (Lipinski definition) is 3. The third-order valence-electron chi connectivity index (χ3n) is 3.71. The van der Waals surface area contributed by atoms with Crippen LogP contribution in [0.2, 0.25) is 0 Å². The van der Waals surface area contributed by atoms with Crippen molar-refractivity contribution in [1.29, 1.82) is 0 Å². The molecule has 0 fully saturated rings. The van der Waals surface area contributed by atoms with Crippen LogP contribution in [0.15, 0.2) is 72.1 Å². The van der Waals surface area contributed by atoms with Crippen LogP contribution in [0.25, 0.3) is 0 Å². The van der Waals surface area contributed by atoms with Crippen LogP contribution in [-0.2, 0) is 10.0 Å². The maximum absolute atomic E-state index is 13.0. The van der Waals surface area contributed by atoms with E-state index in [1.807, 2.05) is 37.3 Å². The van der Waals surface area contributed by atoms with E-state index in [4.69, 9.17) is 11.6 Å². The minimum absolute atomic E-state index is 0.105. The molecule has 2 aromatic carbocycles. The molecule has 0 heterocycles. The molecule has 2 aromatic rings. The van der Waals surface area contributed by atoms with E-state index in [2.05, 4.69) is 6.58 Å². The third kappa shape index (κ3) is 3.93. The molecule has 0 saturated heterocycles. The average molecular weight is 364 g/mol. The predicted molar refractivity (Wildman–Crippen MR) is 95.6 cm³/mol. The Kier molecular flexibility index (Phi) is 5.94. The first-order valence-electron chi connectivity index (χ1n) is 7.35. The molecule has 1 unspecified atom stereocenters. The van der Waals surface area contributed by atoms with E-state index in [9.17, 15) is 13.2 Å². The van der Waals surface area contributed by atoms with Gasteiger partial charge in [-0.1, -0.05) is 36.4 Å². The molecule has 0 aliphatic carbocycles. The summed E-state index contributed by atoms with van der Waals surface area (Å²) in [4.78, 5) is 11.2. The fourth-order valence-electron chi connectivity index (χ4n) is 2.38. The van der Waals surface area contributed by atoms with Crippen molar-refractivity contribution in [2.75, 3.05) is 6.54 Å². The van der Waals surface area contributed by atoms with Gasteiger partial charge in [-0.3, -0.25) is 4.79 Å². The number of carbonyl (C=O) groups excluding carboxylic acids is 1. The predicted octanol–water partition coefficient (Wildman–Crippen LogP) is 4.00. The van der Waals surface area contributed by atoms with Gasteiger partial charge in [-0.05, 0) is 48.4 Å². The molecule has 24 heavy (non-hydrogen) atoms. The van der Waals surface area contributed by atoms with Crippen LogP contribution in [-0.4, -0.2) is 24.5 Å². The summed E-state index contributed by atoms with van der Waals surface area (Å²) in [5.74, 6) is 0. The lowest BCUT2D eigenvalue weighted by Gasteiger charge is -2.27. The number of nitrogens with zero attached hydrogens (tertiary/aromatic N) is 1. The zero-order valence-corrected chi connectivity index (χ0v) is 14.8. The van der Waals surface area contributed by atoms with Crippen molar-refractivity contribution in [3.05, 3.63) is 78.4 Å². The van der Waals surface area contributed by atoms with Crippen molar-refractivity contribution >= 4 is 26.9 Å². The molecule has 0 radical (unpaired) electrons. The van der Waals surface area contributed by atoms with Crippen molar-refractivity contribution in [3.63, 3.8) is 0 Å². The van der Waals surface area contributed by atoms with Gasteiger partial charge in [0, 0.05) is 18.2 Å². The van der Waals surface area contributed by atoms with Gasteiger partial charge in [0.25, 0.3) is 5.24 Å². The zero-order chi connectivity index (χ0) is 17.7. The van der Waals surface area contributed by atoms with E-state index in [1.165, 1.54) is 28.6 Å². The van der Waals surface area contributed by atoms with Gasteiger partial charge in [0.1, 0.15) is 0 Å². The minimum atomic E-state index is -3.75. The normalized spacial score (nSPS) is 12.8. The summed E-state index contributed by atoms with van der Waals surface area (Å²) in [6.45, 7) is 5.65. The molecule has 0 N–H and O–H groups in total. The molecule has 0 aromatic heterocycles. The minimum Gasteiger partial charge on any atom is -0.276 e. The topological polar surface area (TPSA) is 54.5 Å². The second kappa shape index (κ2) is 7.75. The van der Waals surface area contributed by atoms with Gasteiger partial charge in [0.2, 0.25) is 10.0 Å². The van der Waals surface area contributed by atoms with Crippen molar-refractivity contribution in [1.82, 2.24) is 4.31 Å². The van der Waals surface area contributed by atoms with E-state index in [0.29, 0.717) is 0 Å². The first kappa shape index (κ1) is 18.4. The van der Waals surface area contributed by atoms with Gasteiger partial charge in [0.15, 0.2) is 0 Å². The molecule has 4 nitrogen and oxygen atoms in total. The molecule has 0 aliphatic heterocycles. The summed E-state index contributed by atoms with van der Waals surface area (Å²) in [7, 11) is -3.75. The first-order valence-corrected chi connectivity index (χ1v) is 9.17. The van der Waals surface area contributed by atoms with Crippen LogP contribution in [0.5, 0.6) is 0 Å². The standard InChI is InChI=1S/C18H18ClNO3S/c1-3-13-20(14(2)15-7-5-4-6-8-15)24(22,23)17-11-9-16(10-12-17)18(19)21/h3-12,14H,1,13H2,2H3. The molecule has 0 amide bonds. The van der Waals surface area contributed by atoms with E-state index in [-0.39, 0.29) is 23.0 Å². The van der Waals surface area contributed by atoms with Crippen LogP contribution in [0.1, 0.15) is 28.9 Å². The number of halogens is 1. The Morgan fingerprint density at radius 1 is 1.17 bits per heavy atom. The monoisotopic (exact) mass is 363 g/mol. The maximum atomic E-state index is 13.0. The Hall–Kier alpha value is -1.95. The maximum Gasteiger partial charge on any atom is 0.252 e. The van der Waals surface area contributed by atoms with Gasteiger partial charge in [-0.15, -0.1) is 6.58 Å². The van der Waals surface area contributed by atoms with Gasteiger partial charge < -0.3 is 0 Å². The summed E-state index contributed by atoms with van der Waals surface area (Å²) in [6, 6.07) is 14.6. The molecule has 6 heteroatoms. The molecule has 0 aliphatic rings. The van der Waals surface area contributed by atoms with E-state index >= 15 is 0 Å². The lowest BCUT2D eigenvalue weighted by Crippen LogP contribution is -2.33. The molecule has 2 rings (SSSR count). The van der Waals surface area contributed by atoms with E-state index in [0.717, 1.165) is 5.56 Å². The summed E-state index contributed by atoms with van der Waals surface area (Å²) in [5.41, 5.74) is 1.14.